The van der Waals surface area contributed by atoms with Gasteiger partial charge in [0.2, 0.25) is 11.7 Å². The van der Waals surface area contributed by atoms with Gasteiger partial charge in [-0.2, -0.15) is 4.98 Å². The molecule has 0 N–H and O–H groups in total. The van der Waals surface area contributed by atoms with Gasteiger partial charge in [0.1, 0.15) is 0 Å². The maximum atomic E-state index is 10.6. The Bertz CT molecular complexity index is 772. The Kier molecular flexibility index (Phi) is 4.15. The first kappa shape index (κ1) is 14.3. The van der Waals surface area contributed by atoms with E-state index in [1.54, 1.807) is 12.1 Å². The predicted octanol–water partition coefficient (Wildman–Crippen LogP) is 3.94. The van der Waals surface area contributed by atoms with E-state index in [1.807, 2.05) is 30.3 Å². The van der Waals surface area contributed by atoms with Crippen LogP contribution in [0.4, 0.5) is 5.69 Å². The van der Waals surface area contributed by atoms with Crippen LogP contribution in [0.3, 0.4) is 0 Å². The molecule has 2 aromatic carbocycles. The Morgan fingerprint density at radius 1 is 1.09 bits per heavy atom. The number of benzene rings is 2. The number of thioether (sulfide) groups is 1. The smallest absolute Gasteiger partial charge is 0.269 e. The molecule has 110 valence electrons. The van der Waals surface area contributed by atoms with Crippen molar-refractivity contribution in [2.24, 2.45) is 0 Å². The molecule has 0 aliphatic rings. The van der Waals surface area contributed by atoms with Crippen LogP contribution in [0.5, 0.6) is 0 Å². The van der Waals surface area contributed by atoms with Crippen molar-refractivity contribution in [3.05, 3.63) is 70.6 Å². The van der Waals surface area contributed by atoms with Gasteiger partial charge in [0.05, 0.1) is 10.7 Å². The van der Waals surface area contributed by atoms with Crippen LogP contribution in [-0.2, 0) is 5.75 Å². The van der Waals surface area contributed by atoms with E-state index in [2.05, 4.69) is 10.1 Å². The zero-order valence-electron chi connectivity index (χ0n) is 11.4. The lowest BCUT2D eigenvalue weighted by Gasteiger charge is -1.97. The van der Waals surface area contributed by atoms with Gasteiger partial charge >= 0.3 is 0 Å². The van der Waals surface area contributed by atoms with Gasteiger partial charge in [-0.05, 0) is 12.1 Å². The van der Waals surface area contributed by atoms with Crippen molar-refractivity contribution in [2.45, 2.75) is 10.6 Å². The van der Waals surface area contributed by atoms with Crippen LogP contribution in [0.1, 0.15) is 5.89 Å². The van der Waals surface area contributed by atoms with Crippen molar-refractivity contribution in [3.63, 3.8) is 0 Å². The van der Waals surface area contributed by atoms with Gasteiger partial charge in [0.25, 0.3) is 5.69 Å². The highest BCUT2D eigenvalue weighted by molar-refractivity contribution is 7.98. The summed E-state index contributed by atoms with van der Waals surface area (Å²) in [4.78, 5) is 15.4. The molecule has 0 spiro atoms. The molecule has 0 fully saturated rings. The fourth-order valence-electron chi connectivity index (χ4n) is 1.83. The highest BCUT2D eigenvalue weighted by Crippen LogP contribution is 2.25. The second-order valence-electron chi connectivity index (χ2n) is 4.42. The van der Waals surface area contributed by atoms with E-state index in [-0.39, 0.29) is 5.69 Å². The summed E-state index contributed by atoms with van der Waals surface area (Å²) in [6, 6.07) is 15.9. The minimum absolute atomic E-state index is 0.0773. The third-order valence-corrected chi connectivity index (χ3v) is 3.91. The highest BCUT2D eigenvalue weighted by atomic mass is 32.2. The number of rotatable bonds is 5. The molecule has 7 heteroatoms. The van der Waals surface area contributed by atoms with Crippen LogP contribution in [0.25, 0.3) is 11.4 Å². The molecule has 0 aliphatic carbocycles. The van der Waals surface area contributed by atoms with Crippen molar-refractivity contribution < 1.29 is 9.45 Å². The second-order valence-corrected chi connectivity index (χ2v) is 5.47. The Morgan fingerprint density at radius 3 is 2.50 bits per heavy atom. The molecule has 0 radical (unpaired) electrons. The zero-order chi connectivity index (χ0) is 15.4. The first-order valence-corrected chi connectivity index (χ1v) is 7.46. The Balaban J connectivity index is 1.65. The van der Waals surface area contributed by atoms with E-state index in [0.717, 1.165) is 10.5 Å². The molecule has 0 saturated carbocycles. The lowest BCUT2D eigenvalue weighted by molar-refractivity contribution is -0.384. The number of nitro benzene ring substituents is 1. The molecule has 0 bridgehead atoms. The molecule has 3 rings (SSSR count). The van der Waals surface area contributed by atoms with E-state index in [9.17, 15) is 10.1 Å². The molecule has 0 amide bonds. The summed E-state index contributed by atoms with van der Waals surface area (Å²) < 4.78 is 5.21. The normalized spacial score (nSPS) is 10.5. The van der Waals surface area contributed by atoms with Crippen LogP contribution >= 0.6 is 11.8 Å². The lowest BCUT2D eigenvalue weighted by Crippen LogP contribution is -1.87. The van der Waals surface area contributed by atoms with Crippen molar-refractivity contribution in [1.29, 1.82) is 0 Å². The summed E-state index contributed by atoms with van der Waals surface area (Å²) in [5.41, 5.74) is 0.978. The van der Waals surface area contributed by atoms with Crippen molar-refractivity contribution in [2.75, 3.05) is 0 Å². The Morgan fingerprint density at radius 2 is 1.82 bits per heavy atom. The lowest BCUT2D eigenvalue weighted by atomic mass is 10.2. The van der Waals surface area contributed by atoms with Crippen molar-refractivity contribution in [1.82, 2.24) is 10.1 Å². The molecule has 0 saturated heterocycles. The van der Waals surface area contributed by atoms with Gasteiger partial charge in [-0.1, -0.05) is 35.5 Å². The standard InChI is InChI=1S/C15H11N3O3S/c19-18(20)12-6-8-13(9-7-12)22-10-14-16-15(17-21-14)11-4-2-1-3-5-11/h1-9H,10H2. The molecule has 0 unspecified atom stereocenters. The summed E-state index contributed by atoms with van der Waals surface area (Å²) in [6.45, 7) is 0. The summed E-state index contributed by atoms with van der Waals surface area (Å²) in [6.07, 6.45) is 0. The van der Waals surface area contributed by atoms with Gasteiger partial charge in [-0.15, -0.1) is 11.8 Å². The molecule has 22 heavy (non-hydrogen) atoms. The van der Waals surface area contributed by atoms with E-state index >= 15 is 0 Å². The highest BCUT2D eigenvalue weighted by Gasteiger charge is 2.09. The number of non-ortho nitro benzene ring substituents is 1. The summed E-state index contributed by atoms with van der Waals surface area (Å²) in [5, 5.41) is 14.5. The number of aromatic nitrogens is 2. The molecular weight excluding hydrogens is 302 g/mol. The number of hydrogen-bond donors (Lipinski definition) is 0. The molecule has 0 atom stereocenters. The fraction of sp³-hybridized carbons (Fsp3) is 0.0667. The first-order chi connectivity index (χ1) is 10.7. The number of nitrogens with zero attached hydrogens (tertiary/aromatic N) is 3. The SMILES string of the molecule is O=[N+]([O-])c1ccc(SCc2nc(-c3ccccc3)no2)cc1. The van der Waals surface area contributed by atoms with E-state index in [0.29, 0.717) is 17.5 Å². The first-order valence-electron chi connectivity index (χ1n) is 6.47. The van der Waals surface area contributed by atoms with E-state index < -0.39 is 4.92 Å². The predicted molar refractivity (Wildman–Crippen MR) is 82.4 cm³/mol. The second kappa shape index (κ2) is 6.40. The van der Waals surface area contributed by atoms with Gasteiger partial charge in [0.15, 0.2) is 0 Å². The molecular formula is C15H11N3O3S. The van der Waals surface area contributed by atoms with Gasteiger partial charge in [-0.3, -0.25) is 10.1 Å². The van der Waals surface area contributed by atoms with Gasteiger partial charge < -0.3 is 4.52 Å². The molecule has 1 heterocycles. The largest absolute Gasteiger partial charge is 0.338 e. The average molecular weight is 313 g/mol. The zero-order valence-corrected chi connectivity index (χ0v) is 12.2. The quantitative estimate of drug-likeness (QED) is 0.403. The minimum Gasteiger partial charge on any atom is -0.338 e. The minimum atomic E-state index is -0.418. The maximum Gasteiger partial charge on any atom is 0.269 e. The van der Waals surface area contributed by atoms with E-state index in [1.165, 1.54) is 23.9 Å². The van der Waals surface area contributed by atoms with Gasteiger partial charge in [-0.25, -0.2) is 0 Å². The van der Waals surface area contributed by atoms with Gasteiger partial charge in [0, 0.05) is 22.6 Å². The van der Waals surface area contributed by atoms with Crippen LogP contribution in [0.2, 0.25) is 0 Å². The third-order valence-electron chi connectivity index (χ3n) is 2.91. The maximum absolute atomic E-state index is 10.6. The van der Waals surface area contributed by atoms with Crippen LogP contribution in [0.15, 0.2) is 64.0 Å². The molecule has 0 aliphatic heterocycles. The Labute approximate surface area is 130 Å². The van der Waals surface area contributed by atoms with Crippen LogP contribution in [-0.4, -0.2) is 15.1 Å². The fourth-order valence-corrected chi connectivity index (χ4v) is 2.56. The van der Waals surface area contributed by atoms with Crippen LogP contribution < -0.4 is 0 Å². The third kappa shape index (κ3) is 3.32. The number of nitro groups is 1. The topological polar surface area (TPSA) is 82.1 Å². The summed E-state index contributed by atoms with van der Waals surface area (Å²) in [7, 11) is 0. The molecule has 6 nitrogen and oxygen atoms in total. The monoisotopic (exact) mass is 313 g/mol. The number of hydrogen-bond acceptors (Lipinski definition) is 6. The van der Waals surface area contributed by atoms with Crippen LogP contribution in [0, 0.1) is 10.1 Å². The Hall–Kier alpha value is -2.67. The van der Waals surface area contributed by atoms with E-state index in [4.69, 9.17) is 4.52 Å². The van der Waals surface area contributed by atoms with Crippen molar-refractivity contribution >= 4 is 17.4 Å². The summed E-state index contributed by atoms with van der Waals surface area (Å²) >= 11 is 1.48. The summed E-state index contributed by atoms with van der Waals surface area (Å²) in [5.74, 6) is 1.58. The molecule has 1 aromatic heterocycles. The molecule has 3 aromatic rings. The average Bonchev–Trinajstić information content (AvgIpc) is 3.03. The van der Waals surface area contributed by atoms with Crippen molar-refractivity contribution in [3.8, 4) is 11.4 Å².